The zero-order chi connectivity index (χ0) is 20.2. The molecule has 3 heterocycles. The summed E-state index contributed by atoms with van der Waals surface area (Å²) in [6.45, 7) is 1.13. The van der Waals surface area contributed by atoms with E-state index in [4.69, 9.17) is 4.74 Å². The van der Waals surface area contributed by atoms with Gasteiger partial charge in [-0.1, -0.05) is 18.2 Å². The van der Waals surface area contributed by atoms with Crippen molar-refractivity contribution in [2.75, 3.05) is 13.1 Å². The van der Waals surface area contributed by atoms with Crippen LogP contribution in [0.25, 0.3) is 0 Å². The highest BCUT2D eigenvalue weighted by Crippen LogP contribution is 2.32. The molecule has 1 saturated heterocycles. The number of carbonyl (C=O) groups excluding carboxylic acids is 1. The number of hydrogen-bond donors (Lipinski definition) is 0. The molecular formula is C21H21N5O3. The minimum Gasteiger partial charge on any atom is -0.437 e. The van der Waals surface area contributed by atoms with Crippen LogP contribution in [0.1, 0.15) is 34.9 Å². The molecule has 0 radical (unpaired) electrons. The molecule has 148 valence electrons. The minimum absolute atomic E-state index is 0.00708. The number of ether oxygens (including phenoxy) is 1. The van der Waals surface area contributed by atoms with Crippen molar-refractivity contribution in [1.29, 1.82) is 0 Å². The van der Waals surface area contributed by atoms with Crippen LogP contribution >= 0.6 is 0 Å². The molecule has 0 N–H and O–H groups in total. The van der Waals surface area contributed by atoms with E-state index >= 15 is 0 Å². The number of piperidine rings is 1. The van der Waals surface area contributed by atoms with Crippen molar-refractivity contribution in [3.05, 3.63) is 76.6 Å². The Kier molecular flexibility index (Phi) is 5.33. The van der Waals surface area contributed by atoms with Gasteiger partial charge in [0, 0.05) is 44.5 Å². The van der Waals surface area contributed by atoms with E-state index in [1.807, 2.05) is 30.3 Å². The first kappa shape index (κ1) is 18.8. The van der Waals surface area contributed by atoms with Gasteiger partial charge < -0.3 is 9.64 Å². The lowest BCUT2D eigenvalue weighted by Gasteiger charge is -2.32. The molecule has 4 rings (SSSR count). The summed E-state index contributed by atoms with van der Waals surface area (Å²) in [5.41, 5.74) is 0.746. The van der Waals surface area contributed by atoms with Crippen LogP contribution in [-0.4, -0.2) is 43.6 Å². The van der Waals surface area contributed by atoms with Crippen LogP contribution in [0, 0.1) is 0 Å². The molecule has 29 heavy (non-hydrogen) atoms. The molecule has 0 aliphatic carbocycles. The molecule has 0 spiro atoms. The van der Waals surface area contributed by atoms with Crippen molar-refractivity contribution < 1.29 is 9.53 Å². The van der Waals surface area contributed by atoms with Crippen molar-refractivity contribution in [2.45, 2.75) is 18.8 Å². The number of rotatable bonds is 4. The molecule has 1 aliphatic heterocycles. The molecule has 1 amide bonds. The second kappa shape index (κ2) is 8.22. The van der Waals surface area contributed by atoms with Gasteiger partial charge in [-0.3, -0.25) is 14.6 Å². The molecule has 1 aromatic carbocycles. The lowest BCUT2D eigenvalue weighted by atomic mass is 9.94. The average molecular weight is 391 g/mol. The smallest absolute Gasteiger partial charge is 0.274 e. The fraction of sp³-hybridized carbons (Fsp3) is 0.286. The third-order valence-corrected chi connectivity index (χ3v) is 4.92. The molecule has 1 fully saturated rings. The van der Waals surface area contributed by atoms with Gasteiger partial charge in [0.15, 0.2) is 0 Å². The molecular weight excluding hydrogens is 370 g/mol. The molecule has 0 bridgehead atoms. The number of amides is 1. The van der Waals surface area contributed by atoms with Gasteiger partial charge in [-0.05, 0) is 31.0 Å². The maximum absolute atomic E-state index is 12.9. The van der Waals surface area contributed by atoms with Crippen LogP contribution < -0.4 is 10.3 Å². The Morgan fingerprint density at radius 3 is 2.69 bits per heavy atom. The first-order valence-electron chi connectivity index (χ1n) is 9.49. The number of aryl methyl sites for hydroxylation is 1. The largest absolute Gasteiger partial charge is 0.437 e. The SMILES string of the molecule is Cn1nc(C(=O)N2CCCC(c3nccnc3Oc3ccccc3)C2)ccc1=O. The van der Waals surface area contributed by atoms with E-state index in [1.165, 1.54) is 23.9 Å². The number of hydrogen-bond acceptors (Lipinski definition) is 6. The van der Waals surface area contributed by atoms with Crippen LogP contribution in [0.4, 0.5) is 0 Å². The number of carbonyl (C=O) groups is 1. The highest BCUT2D eigenvalue weighted by atomic mass is 16.5. The molecule has 2 aromatic heterocycles. The topological polar surface area (TPSA) is 90.2 Å². The summed E-state index contributed by atoms with van der Waals surface area (Å²) < 4.78 is 7.11. The zero-order valence-electron chi connectivity index (χ0n) is 16.1. The van der Waals surface area contributed by atoms with E-state index in [0.717, 1.165) is 18.5 Å². The monoisotopic (exact) mass is 391 g/mol. The number of nitrogens with zero attached hydrogens (tertiary/aromatic N) is 5. The van der Waals surface area contributed by atoms with Gasteiger partial charge in [-0.25, -0.2) is 9.67 Å². The second-order valence-electron chi connectivity index (χ2n) is 6.93. The molecule has 3 aromatic rings. The van der Waals surface area contributed by atoms with Gasteiger partial charge in [-0.2, -0.15) is 5.10 Å². The Balaban J connectivity index is 1.55. The highest BCUT2D eigenvalue weighted by molar-refractivity contribution is 5.92. The van der Waals surface area contributed by atoms with Gasteiger partial charge in [0.05, 0.1) is 0 Å². The van der Waals surface area contributed by atoms with Gasteiger partial charge >= 0.3 is 0 Å². The second-order valence-corrected chi connectivity index (χ2v) is 6.93. The quantitative estimate of drug-likeness (QED) is 0.678. The third kappa shape index (κ3) is 4.16. The van der Waals surface area contributed by atoms with Crippen LogP contribution in [0.2, 0.25) is 0 Å². The normalized spacial score (nSPS) is 16.4. The van der Waals surface area contributed by atoms with Crippen LogP contribution in [0.3, 0.4) is 0 Å². The number of likely N-dealkylation sites (tertiary alicyclic amines) is 1. The van der Waals surface area contributed by atoms with Gasteiger partial charge in [0.2, 0.25) is 5.88 Å². The molecule has 1 atom stereocenters. The highest BCUT2D eigenvalue weighted by Gasteiger charge is 2.29. The molecule has 1 unspecified atom stereocenters. The van der Waals surface area contributed by atoms with E-state index in [1.54, 1.807) is 17.3 Å². The van der Waals surface area contributed by atoms with Gasteiger partial charge in [0.1, 0.15) is 17.1 Å². The maximum atomic E-state index is 12.9. The molecule has 8 nitrogen and oxygen atoms in total. The van der Waals surface area contributed by atoms with E-state index in [-0.39, 0.29) is 23.1 Å². The summed E-state index contributed by atoms with van der Waals surface area (Å²) in [4.78, 5) is 35.1. The third-order valence-electron chi connectivity index (χ3n) is 4.92. The van der Waals surface area contributed by atoms with Crippen molar-refractivity contribution in [3.63, 3.8) is 0 Å². The average Bonchev–Trinajstić information content (AvgIpc) is 2.76. The number of aromatic nitrogens is 4. The fourth-order valence-electron chi connectivity index (χ4n) is 3.46. The van der Waals surface area contributed by atoms with Gasteiger partial charge in [-0.15, -0.1) is 0 Å². The Morgan fingerprint density at radius 2 is 1.90 bits per heavy atom. The molecule has 1 aliphatic rings. The van der Waals surface area contributed by atoms with E-state index in [0.29, 0.717) is 24.7 Å². The van der Waals surface area contributed by atoms with Gasteiger partial charge in [0.25, 0.3) is 11.5 Å². The predicted octanol–water partition coefficient (Wildman–Crippen LogP) is 2.38. The Hall–Kier alpha value is -3.55. The minimum atomic E-state index is -0.250. The van der Waals surface area contributed by atoms with Crippen molar-refractivity contribution in [1.82, 2.24) is 24.6 Å². The summed E-state index contributed by atoms with van der Waals surface area (Å²) in [5.74, 6) is 0.956. The number of para-hydroxylation sites is 1. The van der Waals surface area contributed by atoms with E-state index < -0.39 is 0 Å². The maximum Gasteiger partial charge on any atom is 0.274 e. The first-order chi connectivity index (χ1) is 14.1. The summed E-state index contributed by atoms with van der Waals surface area (Å²) in [7, 11) is 1.53. The Labute approximate surface area is 167 Å². The van der Waals surface area contributed by atoms with Crippen LogP contribution in [-0.2, 0) is 7.05 Å². The summed E-state index contributed by atoms with van der Waals surface area (Å²) in [6.07, 6.45) is 4.96. The van der Waals surface area contributed by atoms with Crippen LogP contribution in [0.15, 0.2) is 59.7 Å². The zero-order valence-corrected chi connectivity index (χ0v) is 16.1. The molecule has 0 saturated carbocycles. The predicted molar refractivity (Wildman–Crippen MR) is 106 cm³/mol. The first-order valence-corrected chi connectivity index (χ1v) is 9.49. The summed E-state index contributed by atoms with van der Waals surface area (Å²) in [5, 5.41) is 4.08. The lowest BCUT2D eigenvalue weighted by Crippen LogP contribution is -2.40. The van der Waals surface area contributed by atoms with Crippen molar-refractivity contribution in [2.24, 2.45) is 7.05 Å². The molecule has 8 heteroatoms. The lowest BCUT2D eigenvalue weighted by molar-refractivity contribution is 0.0696. The van der Waals surface area contributed by atoms with E-state index in [9.17, 15) is 9.59 Å². The van der Waals surface area contributed by atoms with Crippen molar-refractivity contribution in [3.8, 4) is 11.6 Å². The Bertz CT molecular complexity index is 1070. The van der Waals surface area contributed by atoms with Crippen molar-refractivity contribution >= 4 is 5.91 Å². The summed E-state index contributed by atoms with van der Waals surface area (Å²) in [6, 6.07) is 12.3. The van der Waals surface area contributed by atoms with E-state index in [2.05, 4.69) is 15.1 Å². The standard InChI is InChI=1S/C21H21N5O3/c1-25-18(27)10-9-17(24-25)21(28)26-13-5-6-15(14-26)19-20(23-12-11-22-19)29-16-7-3-2-4-8-16/h2-4,7-12,15H,5-6,13-14H2,1H3. The summed E-state index contributed by atoms with van der Waals surface area (Å²) >= 11 is 0. The van der Waals surface area contributed by atoms with Crippen LogP contribution in [0.5, 0.6) is 11.6 Å². The number of benzene rings is 1. The fourth-order valence-corrected chi connectivity index (χ4v) is 3.46. The Morgan fingerprint density at radius 1 is 1.10 bits per heavy atom.